The summed E-state index contributed by atoms with van der Waals surface area (Å²) in [6.45, 7) is 2.07. The summed E-state index contributed by atoms with van der Waals surface area (Å²) in [4.78, 5) is 17.1. The van der Waals surface area contributed by atoms with Crippen molar-refractivity contribution in [2.75, 3.05) is 5.32 Å². The summed E-state index contributed by atoms with van der Waals surface area (Å²) < 4.78 is 0. The largest absolute Gasteiger partial charge is 0.324 e. The number of benzene rings is 2. The number of anilines is 1. The van der Waals surface area contributed by atoms with E-state index < -0.39 is 0 Å². The predicted octanol–water partition coefficient (Wildman–Crippen LogP) is 3.64. The van der Waals surface area contributed by atoms with Crippen LogP contribution in [0.5, 0.6) is 0 Å². The Morgan fingerprint density at radius 1 is 1.05 bits per heavy atom. The van der Waals surface area contributed by atoms with E-state index in [2.05, 4.69) is 12.2 Å². The second kappa shape index (κ2) is 5.92. The lowest BCUT2D eigenvalue weighted by atomic mass is 10.0. The van der Waals surface area contributed by atoms with E-state index in [1.54, 1.807) is 0 Å². The van der Waals surface area contributed by atoms with Crippen LogP contribution in [0.1, 0.15) is 30.9 Å². The van der Waals surface area contributed by atoms with E-state index >= 15 is 0 Å². The van der Waals surface area contributed by atoms with Crippen LogP contribution >= 0.6 is 0 Å². The minimum Gasteiger partial charge on any atom is -0.324 e. The third kappa shape index (κ3) is 2.72. The summed E-state index contributed by atoms with van der Waals surface area (Å²) >= 11 is 0. The molecule has 3 heteroatoms. The van der Waals surface area contributed by atoms with Gasteiger partial charge in [-0.15, -0.1) is 0 Å². The van der Waals surface area contributed by atoms with Crippen molar-refractivity contribution < 1.29 is 4.79 Å². The van der Waals surface area contributed by atoms with Gasteiger partial charge in [0.1, 0.15) is 6.04 Å². The van der Waals surface area contributed by atoms with Gasteiger partial charge in [-0.05, 0) is 12.5 Å². The molecule has 0 unspecified atom stereocenters. The average Bonchev–Trinajstić information content (AvgIpc) is 2.66. The van der Waals surface area contributed by atoms with Crippen LogP contribution in [0.2, 0.25) is 0 Å². The second-order valence-corrected chi connectivity index (χ2v) is 5.18. The van der Waals surface area contributed by atoms with Gasteiger partial charge in [0.25, 0.3) is 0 Å². The molecule has 1 amide bonds. The fourth-order valence-electron chi connectivity index (χ4n) is 2.59. The molecule has 0 spiro atoms. The molecular formula is C18H18N2O. The summed E-state index contributed by atoms with van der Waals surface area (Å²) in [6.07, 6.45) is 1.69. The Bertz CT molecular complexity index is 677. The quantitative estimate of drug-likeness (QED) is 0.915. The number of aliphatic imine (C=N–C) groups is 1. The van der Waals surface area contributed by atoms with Gasteiger partial charge in [0.15, 0.2) is 0 Å². The number of hydrogen-bond acceptors (Lipinski definition) is 2. The van der Waals surface area contributed by atoms with Crippen LogP contribution in [0.3, 0.4) is 0 Å². The van der Waals surface area contributed by atoms with Crippen molar-refractivity contribution in [2.24, 2.45) is 4.99 Å². The third-order valence-electron chi connectivity index (χ3n) is 3.64. The zero-order valence-electron chi connectivity index (χ0n) is 12.0. The topological polar surface area (TPSA) is 41.5 Å². The number of nitrogens with one attached hydrogen (secondary N) is 1. The highest BCUT2D eigenvalue weighted by Crippen LogP contribution is 2.25. The minimum absolute atomic E-state index is 0.0183. The van der Waals surface area contributed by atoms with Crippen molar-refractivity contribution in [1.29, 1.82) is 0 Å². The number of nitrogens with zero attached hydrogens (tertiary/aromatic N) is 1. The molecule has 0 radical (unpaired) electrons. The van der Waals surface area contributed by atoms with Crippen LogP contribution in [0.15, 0.2) is 59.6 Å². The van der Waals surface area contributed by atoms with Crippen LogP contribution in [0.25, 0.3) is 0 Å². The molecule has 0 saturated heterocycles. The fourth-order valence-corrected chi connectivity index (χ4v) is 2.59. The van der Waals surface area contributed by atoms with Crippen LogP contribution in [0.4, 0.5) is 5.69 Å². The number of rotatable bonds is 3. The van der Waals surface area contributed by atoms with Crippen molar-refractivity contribution in [3.63, 3.8) is 0 Å². The summed E-state index contributed by atoms with van der Waals surface area (Å²) in [6, 6.07) is 17.6. The molecule has 3 rings (SSSR count). The molecule has 1 atom stereocenters. The van der Waals surface area contributed by atoms with Gasteiger partial charge in [0.2, 0.25) is 5.91 Å². The van der Waals surface area contributed by atoms with Crippen LogP contribution < -0.4 is 5.32 Å². The highest BCUT2D eigenvalue weighted by Gasteiger charge is 2.24. The molecule has 3 nitrogen and oxygen atoms in total. The lowest BCUT2D eigenvalue weighted by Gasteiger charge is -2.09. The molecule has 1 N–H and O–H groups in total. The molecule has 0 aromatic heterocycles. The van der Waals surface area contributed by atoms with Gasteiger partial charge in [0.05, 0.1) is 11.4 Å². The lowest BCUT2D eigenvalue weighted by Crippen LogP contribution is -2.25. The predicted molar refractivity (Wildman–Crippen MR) is 85.8 cm³/mol. The maximum absolute atomic E-state index is 12.3. The van der Waals surface area contributed by atoms with Crippen molar-refractivity contribution >= 4 is 17.3 Å². The normalized spacial score (nSPS) is 17.5. The molecule has 21 heavy (non-hydrogen) atoms. The highest BCUT2D eigenvalue weighted by atomic mass is 16.2. The summed E-state index contributed by atoms with van der Waals surface area (Å²) in [5.41, 5.74) is 3.75. The molecule has 0 fully saturated rings. The second-order valence-electron chi connectivity index (χ2n) is 5.18. The number of benzodiazepines with no additional fused rings is 1. The Labute approximate surface area is 124 Å². The summed E-state index contributed by atoms with van der Waals surface area (Å²) in [5, 5.41) is 3.00. The first-order valence-corrected chi connectivity index (χ1v) is 7.33. The number of carbonyl (C=O) groups excluding carboxylic acids is 1. The first-order valence-electron chi connectivity index (χ1n) is 7.33. The lowest BCUT2D eigenvalue weighted by molar-refractivity contribution is -0.117. The maximum Gasteiger partial charge on any atom is 0.249 e. The van der Waals surface area contributed by atoms with E-state index in [9.17, 15) is 4.79 Å². The Morgan fingerprint density at radius 2 is 1.76 bits per heavy atom. The van der Waals surface area contributed by atoms with Gasteiger partial charge < -0.3 is 5.32 Å². The minimum atomic E-state index is -0.322. The fraction of sp³-hybridized carbons (Fsp3) is 0.222. The molecule has 0 bridgehead atoms. The van der Waals surface area contributed by atoms with E-state index in [-0.39, 0.29) is 11.9 Å². The van der Waals surface area contributed by atoms with E-state index in [1.807, 2.05) is 54.6 Å². The molecule has 1 aliphatic rings. The Balaban J connectivity index is 2.15. The maximum atomic E-state index is 12.3. The standard InChI is InChI=1S/C18H18N2O/c1-2-8-16-18(21)20-15-12-7-6-11-14(15)17(19-16)13-9-4-3-5-10-13/h3-7,9-12,16H,2,8H2,1H3,(H,20,21)/t16-/m0/s1. The zero-order valence-corrected chi connectivity index (χ0v) is 12.0. The van der Waals surface area contributed by atoms with Crippen LogP contribution in [-0.4, -0.2) is 17.7 Å². The molecule has 106 valence electrons. The van der Waals surface area contributed by atoms with Gasteiger partial charge in [-0.1, -0.05) is 61.9 Å². The van der Waals surface area contributed by atoms with Crippen molar-refractivity contribution in [1.82, 2.24) is 0 Å². The van der Waals surface area contributed by atoms with Crippen molar-refractivity contribution in [3.05, 3.63) is 65.7 Å². The molecule has 1 aliphatic heterocycles. The molecule has 1 heterocycles. The first-order chi connectivity index (χ1) is 10.3. The van der Waals surface area contributed by atoms with Crippen molar-refractivity contribution in [2.45, 2.75) is 25.8 Å². The van der Waals surface area contributed by atoms with Gasteiger partial charge in [-0.3, -0.25) is 9.79 Å². The number of carbonyl (C=O) groups is 1. The van der Waals surface area contributed by atoms with Gasteiger partial charge in [0, 0.05) is 11.1 Å². The molecular weight excluding hydrogens is 260 g/mol. The van der Waals surface area contributed by atoms with Gasteiger partial charge in [-0.25, -0.2) is 0 Å². The smallest absolute Gasteiger partial charge is 0.249 e. The third-order valence-corrected chi connectivity index (χ3v) is 3.64. The Kier molecular flexibility index (Phi) is 3.82. The van der Waals surface area contributed by atoms with Crippen LogP contribution in [-0.2, 0) is 4.79 Å². The number of amides is 1. The van der Waals surface area contributed by atoms with Crippen molar-refractivity contribution in [3.8, 4) is 0 Å². The number of fused-ring (bicyclic) bond motifs is 1. The molecule has 0 saturated carbocycles. The summed E-state index contributed by atoms with van der Waals surface area (Å²) in [7, 11) is 0. The monoisotopic (exact) mass is 278 g/mol. The zero-order chi connectivity index (χ0) is 14.7. The summed E-state index contributed by atoms with van der Waals surface area (Å²) in [5.74, 6) is -0.0183. The molecule has 2 aromatic carbocycles. The van der Waals surface area contributed by atoms with Gasteiger partial charge in [-0.2, -0.15) is 0 Å². The van der Waals surface area contributed by atoms with Crippen LogP contribution in [0, 0.1) is 0 Å². The van der Waals surface area contributed by atoms with E-state index in [0.717, 1.165) is 35.4 Å². The Hall–Kier alpha value is -2.42. The average molecular weight is 278 g/mol. The SMILES string of the molecule is CCC[C@@H]1N=C(c2ccccc2)c2ccccc2NC1=O. The number of para-hydroxylation sites is 1. The van der Waals surface area contributed by atoms with E-state index in [4.69, 9.17) is 4.99 Å². The Morgan fingerprint density at radius 3 is 2.52 bits per heavy atom. The molecule has 0 aliphatic carbocycles. The highest BCUT2D eigenvalue weighted by molar-refractivity contribution is 6.19. The van der Waals surface area contributed by atoms with E-state index in [1.165, 1.54) is 0 Å². The van der Waals surface area contributed by atoms with E-state index in [0.29, 0.717) is 0 Å². The first kappa shape index (κ1) is 13.6. The molecule has 2 aromatic rings. The number of hydrogen-bond donors (Lipinski definition) is 1. The van der Waals surface area contributed by atoms with Gasteiger partial charge >= 0.3 is 0 Å².